The Morgan fingerprint density at radius 2 is 1.82 bits per heavy atom. The number of amides is 2. The van der Waals surface area contributed by atoms with Crippen LogP contribution in [0.3, 0.4) is 0 Å². The highest BCUT2D eigenvalue weighted by molar-refractivity contribution is 7.09. The van der Waals surface area contributed by atoms with Gasteiger partial charge in [0.2, 0.25) is 0 Å². The third kappa shape index (κ3) is 4.54. The number of piperidine rings is 2. The molecule has 8 heteroatoms. The quantitative estimate of drug-likeness (QED) is 0.580. The zero-order valence-corrected chi connectivity index (χ0v) is 20.0. The molecule has 0 spiro atoms. The first-order valence-electron chi connectivity index (χ1n) is 11.7. The summed E-state index contributed by atoms with van der Waals surface area (Å²) in [6.07, 6.45) is 3.71. The van der Waals surface area contributed by atoms with Gasteiger partial charge in [-0.05, 0) is 58.0 Å². The van der Waals surface area contributed by atoms with Crippen molar-refractivity contribution in [2.75, 3.05) is 40.3 Å². The molecular weight excluding hydrogens is 436 g/mol. The van der Waals surface area contributed by atoms with Crippen molar-refractivity contribution in [1.29, 1.82) is 0 Å². The van der Waals surface area contributed by atoms with Crippen molar-refractivity contribution in [1.82, 2.24) is 19.7 Å². The van der Waals surface area contributed by atoms with Gasteiger partial charge in [-0.25, -0.2) is 4.98 Å². The Morgan fingerprint density at radius 3 is 2.55 bits per heavy atom. The number of rotatable bonds is 4. The normalized spacial score (nSPS) is 18.7. The second-order valence-corrected chi connectivity index (χ2v) is 10.1. The van der Waals surface area contributed by atoms with E-state index in [-0.39, 0.29) is 23.8 Å². The number of para-hydroxylation sites is 1. The zero-order valence-electron chi connectivity index (χ0n) is 19.2. The van der Waals surface area contributed by atoms with Crippen LogP contribution in [0.1, 0.15) is 57.7 Å². The topological polar surface area (TPSA) is 69.9 Å². The summed E-state index contributed by atoms with van der Waals surface area (Å²) in [7, 11) is 4.03. The van der Waals surface area contributed by atoms with Gasteiger partial charge in [0.25, 0.3) is 11.8 Å². The lowest BCUT2D eigenvalue weighted by Crippen LogP contribution is -2.44. The zero-order chi connectivity index (χ0) is 22.9. The van der Waals surface area contributed by atoms with Crippen LogP contribution in [-0.2, 0) is 0 Å². The van der Waals surface area contributed by atoms with Gasteiger partial charge in [-0.3, -0.25) is 9.59 Å². The number of hydrogen-bond acceptors (Lipinski definition) is 6. The summed E-state index contributed by atoms with van der Waals surface area (Å²) in [6, 6.07) is 9.78. The molecule has 4 heterocycles. The van der Waals surface area contributed by atoms with Crippen LogP contribution in [0.15, 0.2) is 40.1 Å². The van der Waals surface area contributed by atoms with Crippen LogP contribution in [0.5, 0.6) is 0 Å². The number of benzene rings is 1. The van der Waals surface area contributed by atoms with Gasteiger partial charge in [-0.15, -0.1) is 11.3 Å². The number of hydrogen-bond donors (Lipinski definition) is 0. The van der Waals surface area contributed by atoms with E-state index >= 15 is 0 Å². The fourth-order valence-electron chi connectivity index (χ4n) is 4.87. The maximum atomic E-state index is 13.0. The summed E-state index contributed by atoms with van der Waals surface area (Å²) in [6.45, 7) is 3.38. The molecule has 0 radical (unpaired) electrons. The first kappa shape index (κ1) is 22.1. The SMILES string of the molecule is CN1CCC(N(C)C(=O)c2csc(C3CCN(C(=O)c4cc5ccccc5o4)CC3)n2)CC1. The summed E-state index contributed by atoms with van der Waals surface area (Å²) in [4.78, 5) is 36.7. The molecule has 2 amide bonds. The number of carbonyl (C=O) groups excluding carboxylic acids is 2. The van der Waals surface area contributed by atoms with Gasteiger partial charge in [0.05, 0.1) is 5.01 Å². The number of aromatic nitrogens is 1. The fourth-order valence-corrected chi connectivity index (χ4v) is 5.84. The van der Waals surface area contributed by atoms with E-state index in [1.807, 2.05) is 52.6 Å². The van der Waals surface area contributed by atoms with Crippen molar-refractivity contribution in [2.45, 2.75) is 37.6 Å². The van der Waals surface area contributed by atoms with E-state index in [1.54, 1.807) is 11.3 Å². The highest BCUT2D eigenvalue weighted by atomic mass is 32.1. The van der Waals surface area contributed by atoms with E-state index < -0.39 is 0 Å². The van der Waals surface area contributed by atoms with E-state index in [1.165, 1.54) is 0 Å². The van der Waals surface area contributed by atoms with Crippen LogP contribution in [0.4, 0.5) is 0 Å². The smallest absolute Gasteiger partial charge is 0.289 e. The molecule has 0 saturated carbocycles. The van der Waals surface area contributed by atoms with E-state index in [4.69, 9.17) is 9.40 Å². The van der Waals surface area contributed by atoms with Crippen molar-refractivity contribution in [3.8, 4) is 0 Å². The van der Waals surface area contributed by atoms with Crippen molar-refractivity contribution < 1.29 is 14.0 Å². The molecule has 2 aliphatic heterocycles. The molecule has 2 aromatic heterocycles. The molecule has 0 atom stereocenters. The Labute approximate surface area is 198 Å². The minimum atomic E-state index is -0.0561. The number of furan rings is 1. The van der Waals surface area contributed by atoms with E-state index in [0.29, 0.717) is 24.5 Å². The lowest BCUT2D eigenvalue weighted by atomic mass is 9.97. The summed E-state index contributed by atoms with van der Waals surface area (Å²) in [5.41, 5.74) is 1.29. The Morgan fingerprint density at radius 1 is 1.09 bits per heavy atom. The number of nitrogens with zero attached hydrogens (tertiary/aromatic N) is 4. The minimum Gasteiger partial charge on any atom is -0.451 e. The van der Waals surface area contributed by atoms with Gasteiger partial charge in [0, 0.05) is 42.9 Å². The molecule has 3 aromatic rings. The van der Waals surface area contributed by atoms with Crippen molar-refractivity contribution >= 4 is 34.1 Å². The molecule has 5 rings (SSSR count). The lowest BCUT2D eigenvalue weighted by molar-refractivity contribution is 0.0654. The number of likely N-dealkylation sites (tertiary alicyclic amines) is 2. The summed E-state index contributed by atoms with van der Waals surface area (Å²) in [5.74, 6) is 0.641. The van der Waals surface area contributed by atoms with Crippen LogP contribution in [0, 0.1) is 0 Å². The summed E-state index contributed by atoms with van der Waals surface area (Å²) < 4.78 is 5.76. The van der Waals surface area contributed by atoms with E-state index in [2.05, 4.69) is 11.9 Å². The highest BCUT2D eigenvalue weighted by Crippen LogP contribution is 2.32. The minimum absolute atomic E-state index is 0.0181. The second kappa shape index (κ2) is 9.27. The largest absolute Gasteiger partial charge is 0.451 e. The van der Waals surface area contributed by atoms with Gasteiger partial charge in [0.1, 0.15) is 11.3 Å². The molecule has 33 heavy (non-hydrogen) atoms. The van der Waals surface area contributed by atoms with Crippen molar-refractivity contribution in [3.05, 3.63) is 52.2 Å². The molecule has 2 saturated heterocycles. The van der Waals surface area contributed by atoms with Gasteiger partial charge >= 0.3 is 0 Å². The summed E-state index contributed by atoms with van der Waals surface area (Å²) in [5, 5.41) is 3.85. The molecule has 174 valence electrons. The first-order valence-corrected chi connectivity index (χ1v) is 12.6. The van der Waals surface area contributed by atoms with Crippen molar-refractivity contribution in [2.24, 2.45) is 0 Å². The predicted molar refractivity (Wildman–Crippen MR) is 129 cm³/mol. The number of fused-ring (bicyclic) bond motifs is 1. The molecule has 0 aliphatic carbocycles. The maximum absolute atomic E-state index is 13.0. The van der Waals surface area contributed by atoms with Gasteiger partial charge in [0.15, 0.2) is 5.76 Å². The molecular formula is C25H30N4O3S. The van der Waals surface area contributed by atoms with Crippen LogP contribution in [0.25, 0.3) is 11.0 Å². The first-order chi connectivity index (χ1) is 16.0. The van der Waals surface area contributed by atoms with Gasteiger partial charge in [-0.2, -0.15) is 0 Å². The number of thiazole rings is 1. The second-order valence-electron chi connectivity index (χ2n) is 9.24. The van der Waals surface area contributed by atoms with Crippen molar-refractivity contribution in [3.63, 3.8) is 0 Å². The molecule has 7 nitrogen and oxygen atoms in total. The standard InChI is InChI=1S/C25H30N4O3S/c1-27-11-9-19(10-12-27)28(2)24(30)20-16-33-23(26-20)17-7-13-29(14-8-17)25(31)22-15-18-5-3-4-6-21(18)32-22/h3-6,15-17,19H,7-14H2,1-2H3. The Hall–Kier alpha value is -2.71. The van der Waals surface area contributed by atoms with E-state index in [0.717, 1.165) is 54.7 Å². The van der Waals surface area contributed by atoms with Gasteiger partial charge < -0.3 is 19.1 Å². The average molecular weight is 467 g/mol. The number of carbonyl (C=O) groups is 2. The predicted octanol–water partition coefficient (Wildman–Crippen LogP) is 4.08. The average Bonchev–Trinajstić information content (AvgIpc) is 3.51. The molecule has 0 unspecified atom stereocenters. The van der Waals surface area contributed by atoms with Crippen LogP contribution in [0.2, 0.25) is 0 Å². The van der Waals surface area contributed by atoms with Crippen LogP contribution >= 0.6 is 11.3 Å². The van der Waals surface area contributed by atoms with Crippen LogP contribution in [-0.4, -0.2) is 77.8 Å². The Bertz CT molecular complexity index is 1110. The monoisotopic (exact) mass is 466 g/mol. The third-order valence-corrected chi connectivity index (χ3v) is 8.07. The fraction of sp³-hybridized carbons (Fsp3) is 0.480. The molecule has 2 aliphatic rings. The van der Waals surface area contributed by atoms with Crippen LogP contribution < -0.4 is 0 Å². The third-order valence-electron chi connectivity index (χ3n) is 7.06. The molecule has 0 N–H and O–H groups in total. The maximum Gasteiger partial charge on any atom is 0.289 e. The highest BCUT2D eigenvalue weighted by Gasteiger charge is 2.30. The Balaban J connectivity index is 1.18. The Kier molecular flexibility index (Phi) is 6.21. The molecule has 2 fully saturated rings. The lowest BCUT2D eigenvalue weighted by Gasteiger charge is -2.34. The van der Waals surface area contributed by atoms with E-state index in [9.17, 15) is 9.59 Å². The summed E-state index contributed by atoms with van der Waals surface area (Å²) >= 11 is 1.57. The molecule has 1 aromatic carbocycles. The van der Waals surface area contributed by atoms with Gasteiger partial charge in [-0.1, -0.05) is 18.2 Å². The molecule has 0 bridgehead atoms.